The molecule has 0 bridgehead atoms. The van der Waals surface area contributed by atoms with Gasteiger partial charge in [-0.05, 0) is 49.4 Å². The summed E-state index contributed by atoms with van der Waals surface area (Å²) in [5.74, 6) is 0.667. The van der Waals surface area contributed by atoms with Crippen molar-refractivity contribution < 1.29 is 4.79 Å². The van der Waals surface area contributed by atoms with Crippen LogP contribution in [0.25, 0.3) is 0 Å². The third kappa shape index (κ3) is 4.07. The first-order valence-corrected chi connectivity index (χ1v) is 7.77. The molecule has 0 saturated heterocycles. The van der Waals surface area contributed by atoms with Gasteiger partial charge in [-0.15, -0.1) is 0 Å². The zero-order valence-electron chi connectivity index (χ0n) is 12.9. The maximum Gasteiger partial charge on any atom is 0.238 e. The lowest BCUT2D eigenvalue weighted by Gasteiger charge is -2.19. The summed E-state index contributed by atoms with van der Waals surface area (Å²) in [6, 6.07) is 8.88. The van der Waals surface area contributed by atoms with E-state index in [1.807, 2.05) is 12.1 Å². The highest BCUT2D eigenvalue weighted by Crippen LogP contribution is 2.26. The Bertz CT molecular complexity index is 437. The summed E-state index contributed by atoms with van der Waals surface area (Å²) in [5, 5.41) is 2.99. The molecule has 3 heteroatoms. The van der Waals surface area contributed by atoms with Crippen molar-refractivity contribution in [1.82, 2.24) is 4.90 Å². The molecule has 1 amide bonds. The summed E-state index contributed by atoms with van der Waals surface area (Å²) < 4.78 is 0. The Morgan fingerprint density at radius 1 is 1.30 bits per heavy atom. The summed E-state index contributed by atoms with van der Waals surface area (Å²) in [5.41, 5.74) is 2.23. The quantitative estimate of drug-likeness (QED) is 0.823. The lowest BCUT2D eigenvalue weighted by Crippen LogP contribution is -2.34. The first-order valence-electron chi connectivity index (χ1n) is 7.77. The highest BCUT2D eigenvalue weighted by molar-refractivity contribution is 5.92. The average Bonchev–Trinajstić information content (AvgIpc) is 3.29. The number of nitrogens with zero attached hydrogens (tertiary/aromatic N) is 1. The van der Waals surface area contributed by atoms with Gasteiger partial charge in [-0.1, -0.05) is 32.9 Å². The number of amides is 1. The Hall–Kier alpha value is -1.35. The van der Waals surface area contributed by atoms with Gasteiger partial charge in [0.1, 0.15) is 0 Å². The lowest BCUT2D eigenvalue weighted by molar-refractivity contribution is -0.117. The van der Waals surface area contributed by atoms with Crippen LogP contribution in [0.4, 0.5) is 5.69 Å². The minimum Gasteiger partial charge on any atom is -0.325 e. The third-order valence-electron chi connectivity index (χ3n) is 4.19. The fourth-order valence-corrected chi connectivity index (χ4v) is 2.45. The molecule has 20 heavy (non-hydrogen) atoms. The Labute approximate surface area is 122 Å². The zero-order chi connectivity index (χ0) is 14.5. The topological polar surface area (TPSA) is 32.3 Å². The Kier molecular flexibility index (Phi) is 5.18. The van der Waals surface area contributed by atoms with Gasteiger partial charge in [-0.2, -0.15) is 0 Å². The number of hydrogen-bond donors (Lipinski definition) is 1. The zero-order valence-corrected chi connectivity index (χ0v) is 12.9. The van der Waals surface area contributed by atoms with Crippen LogP contribution in [0.15, 0.2) is 24.3 Å². The number of rotatable bonds is 7. The molecule has 0 heterocycles. The van der Waals surface area contributed by atoms with Gasteiger partial charge >= 0.3 is 0 Å². The first kappa shape index (κ1) is 15.0. The molecule has 3 nitrogen and oxygen atoms in total. The number of carbonyl (C=O) groups is 1. The second-order valence-electron chi connectivity index (χ2n) is 5.77. The van der Waals surface area contributed by atoms with Crippen molar-refractivity contribution in [2.75, 3.05) is 18.4 Å². The second kappa shape index (κ2) is 6.89. The molecule has 1 aliphatic rings. The van der Waals surface area contributed by atoms with Crippen LogP contribution in [0, 0.1) is 0 Å². The van der Waals surface area contributed by atoms with E-state index in [-0.39, 0.29) is 5.91 Å². The SMILES string of the molecule is CCC(C)c1ccc(NC(=O)CN(CC)C2CC2)cc1. The van der Waals surface area contributed by atoms with Crippen molar-refractivity contribution in [3.05, 3.63) is 29.8 Å². The van der Waals surface area contributed by atoms with Crippen LogP contribution in [-0.2, 0) is 4.79 Å². The molecule has 110 valence electrons. The van der Waals surface area contributed by atoms with Crippen molar-refractivity contribution in [1.29, 1.82) is 0 Å². The van der Waals surface area contributed by atoms with E-state index in [2.05, 4.69) is 43.1 Å². The van der Waals surface area contributed by atoms with Crippen molar-refractivity contribution in [2.24, 2.45) is 0 Å². The third-order valence-corrected chi connectivity index (χ3v) is 4.19. The normalized spacial score (nSPS) is 16.2. The van der Waals surface area contributed by atoms with Gasteiger partial charge in [0.05, 0.1) is 6.54 Å². The van der Waals surface area contributed by atoms with E-state index in [0.717, 1.165) is 18.7 Å². The van der Waals surface area contributed by atoms with E-state index >= 15 is 0 Å². The van der Waals surface area contributed by atoms with Gasteiger partial charge in [0.2, 0.25) is 5.91 Å². The standard InChI is InChI=1S/C17H26N2O/c1-4-13(3)14-6-8-15(9-7-14)18-17(20)12-19(5-2)16-10-11-16/h6-9,13,16H,4-5,10-12H2,1-3H3,(H,18,20). The largest absolute Gasteiger partial charge is 0.325 e. The summed E-state index contributed by atoms with van der Waals surface area (Å²) in [4.78, 5) is 14.3. The fourth-order valence-electron chi connectivity index (χ4n) is 2.45. The summed E-state index contributed by atoms with van der Waals surface area (Å²) >= 11 is 0. The van der Waals surface area contributed by atoms with Gasteiger partial charge in [-0.3, -0.25) is 9.69 Å². The molecule has 1 aliphatic carbocycles. The molecular weight excluding hydrogens is 248 g/mol. The van der Waals surface area contributed by atoms with E-state index < -0.39 is 0 Å². The maximum absolute atomic E-state index is 12.0. The van der Waals surface area contributed by atoms with Gasteiger partial charge in [0, 0.05) is 11.7 Å². The molecule has 1 aromatic carbocycles. The smallest absolute Gasteiger partial charge is 0.238 e. The number of carbonyl (C=O) groups excluding carboxylic acids is 1. The van der Waals surface area contributed by atoms with Crippen LogP contribution >= 0.6 is 0 Å². The van der Waals surface area contributed by atoms with Crippen molar-refractivity contribution in [3.8, 4) is 0 Å². The predicted octanol–water partition coefficient (Wildman–Crippen LogP) is 3.62. The Balaban J connectivity index is 1.87. The molecular formula is C17H26N2O. The molecule has 1 N–H and O–H groups in total. The monoisotopic (exact) mass is 274 g/mol. The second-order valence-corrected chi connectivity index (χ2v) is 5.77. The molecule has 0 radical (unpaired) electrons. The van der Waals surface area contributed by atoms with E-state index in [1.54, 1.807) is 0 Å². The minimum atomic E-state index is 0.0926. The lowest BCUT2D eigenvalue weighted by atomic mass is 9.99. The van der Waals surface area contributed by atoms with Gasteiger partial charge < -0.3 is 5.32 Å². The van der Waals surface area contributed by atoms with E-state index in [1.165, 1.54) is 18.4 Å². The average molecular weight is 274 g/mol. The Morgan fingerprint density at radius 3 is 2.45 bits per heavy atom. The van der Waals surface area contributed by atoms with Crippen molar-refractivity contribution in [3.63, 3.8) is 0 Å². The van der Waals surface area contributed by atoms with Crippen LogP contribution in [0.5, 0.6) is 0 Å². The number of hydrogen-bond acceptors (Lipinski definition) is 2. The molecule has 1 atom stereocenters. The summed E-state index contributed by atoms with van der Waals surface area (Å²) in [6.45, 7) is 7.99. The molecule has 0 aliphatic heterocycles. The number of benzene rings is 1. The molecule has 1 fully saturated rings. The number of likely N-dealkylation sites (N-methyl/N-ethyl adjacent to an activating group) is 1. The highest BCUT2D eigenvalue weighted by atomic mass is 16.2. The van der Waals surface area contributed by atoms with Crippen LogP contribution < -0.4 is 5.32 Å². The number of nitrogens with one attached hydrogen (secondary N) is 1. The van der Waals surface area contributed by atoms with E-state index in [9.17, 15) is 4.79 Å². The predicted molar refractivity (Wildman–Crippen MR) is 84.0 cm³/mol. The van der Waals surface area contributed by atoms with Crippen LogP contribution in [0.1, 0.15) is 51.5 Å². The molecule has 1 saturated carbocycles. The van der Waals surface area contributed by atoms with Crippen molar-refractivity contribution in [2.45, 2.75) is 52.0 Å². The van der Waals surface area contributed by atoms with Gasteiger partial charge in [-0.25, -0.2) is 0 Å². The minimum absolute atomic E-state index is 0.0926. The molecule has 1 aromatic rings. The van der Waals surface area contributed by atoms with Crippen molar-refractivity contribution >= 4 is 11.6 Å². The van der Waals surface area contributed by atoms with Crippen LogP contribution in [0.3, 0.4) is 0 Å². The number of anilines is 1. The Morgan fingerprint density at radius 2 is 1.95 bits per heavy atom. The van der Waals surface area contributed by atoms with Gasteiger partial charge in [0.15, 0.2) is 0 Å². The fraction of sp³-hybridized carbons (Fsp3) is 0.588. The molecule has 2 rings (SSSR count). The highest BCUT2D eigenvalue weighted by Gasteiger charge is 2.28. The van der Waals surface area contributed by atoms with E-state index in [4.69, 9.17) is 0 Å². The summed E-state index contributed by atoms with van der Waals surface area (Å²) in [6.07, 6.45) is 3.62. The van der Waals surface area contributed by atoms with Crippen LogP contribution in [-0.4, -0.2) is 29.9 Å². The van der Waals surface area contributed by atoms with E-state index in [0.29, 0.717) is 18.5 Å². The molecule has 0 spiro atoms. The first-order chi connectivity index (χ1) is 9.63. The molecule has 0 aromatic heterocycles. The van der Waals surface area contributed by atoms with Gasteiger partial charge in [0.25, 0.3) is 0 Å². The van der Waals surface area contributed by atoms with Crippen LogP contribution in [0.2, 0.25) is 0 Å². The molecule has 1 unspecified atom stereocenters. The summed E-state index contributed by atoms with van der Waals surface area (Å²) in [7, 11) is 0. The maximum atomic E-state index is 12.0.